The Bertz CT molecular complexity index is 585. The van der Waals surface area contributed by atoms with E-state index in [-0.39, 0.29) is 12.5 Å². The Morgan fingerprint density at radius 3 is 2.68 bits per heavy atom. The van der Waals surface area contributed by atoms with Gasteiger partial charge in [0.15, 0.2) is 0 Å². The molecular formula is C10H15N5O3S. The maximum Gasteiger partial charge on any atom is 0.282 e. The third kappa shape index (κ3) is 2.29. The quantitative estimate of drug-likeness (QED) is 0.744. The summed E-state index contributed by atoms with van der Waals surface area (Å²) in [7, 11) is -3.46. The van der Waals surface area contributed by atoms with Gasteiger partial charge in [-0.25, -0.2) is 9.97 Å². The molecular weight excluding hydrogens is 270 g/mol. The summed E-state index contributed by atoms with van der Waals surface area (Å²) < 4.78 is 32.9. The lowest BCUT2D eigenvalue weighted by molar-refractivity contribution is 0.0701. The van der Waals surface area contributed by atoms with E-state index in [9.17, 15) is 8.42 Å². The van der Waals surface area contributed by atoms with Crippen LogP contribution in [0.15, 0.2) is 6.20 Å². The molecule has 19 heavy (non-hydrogen) atoms. The smallest absolute Gasteiger partial charge is 0.282 e. The van der Waals surface area contributed by atoms with E-state index in [0.29, 0.717) is 38.5 Å². The Hall–Kier alpha value is -1.29. The van der Waals surface area contributed by atoms with Gasteiger partial charge in [-0.1, -0.05) is 0 Å². The molecule has 1 fully saturated rings. The molecule has 9 heteroatoms. The molecule has 8 nitrogen and oxygen atoms in total. The van der Waals surface area contributed by atoms with E-state index in [2.05, 4.69) is 9.97 Å². The lowest BCUT2D eigenvalue weighted by Gasteiger charge is -2.29. The zero-order chi connectivity index (χ0) is 13.5. The summed E-state index contributed by atoms with van der Waals surface area (Å²) in [4.78, 5) is 7.97. The molecule has 2 aliphatic heterocycles. The van der Waals surface area contributed by atoms with Gasteiger partial charge in [-0.2, -0.15) is 17.0 Å². The van der Waals surface area contributed by atoms with Crippen molar-refractivity contribution in [3.05, 3.63) is 17.5 Å². The molecule has 2 aliphatic rings. The van der Waals surface area contributed by atoms with Crippen molar-refractivity contribution in [1.82, 2.24) is 18.6 Å². The third-order valence-electron chi connectivity index (χ3n) is 3.27. The van der Waals surface area contributed by atoms with E-state index in [1.54, 1.807) is 6.20 Å². The third-order valence-corrected chi connectivity index (χ3v) is 5.20. The van der Waals surface area contributed by atoms with Gasteiger partial charge in [-0.15, -0.1) is 0 Å². The molecule has 1 aromatic heterocycles. The SMILES string of the molecule is Nc1ncc2c(n1)CN(S(=O)(=O)N1CCOCC1)C2. The maximum absolute atomic E-state index is 12.5. The summed E-state index contributed by atoms with van der Waals surface area (Å²) in [6.07, 6.45) is 1.59. The molecule has 0 unspecified atom stereocenters. The summed E-state index contributed by atoms with van der Waals surface area (Å²) >= 11 is 0. The molecule has 0 atom stereocenters. The molecule has 3 heterocycles. The van der Waals surface area contributed by atoms with E-state index in [0.717, 1.165) is 5.56 Å². The number of nitrogen functional groups attached to an aromatic ring is 1. The van der Waals surface area contributed by atoms with Gasteiger partial charge in [0.2, 0.25) is 5.95 Å². The van der Waals surface area contributed by atoms with Crippen LogP contribution in [0, 0.1) is 0 Å². The van der Waals surface area contributed by atoms with Crippen molar-refractivity contribution in [2.24, 2.45) is 0 Å². The summed E-state index contributed by atoms with van der Waals surface area (Å²) in [5.74, 6) is 0.171. The number of fused-ring (bicyclic) bond motifs is 1. The number of nitrogens with two attached hydrogens (primary N) is 1. The fourth-order valence-corrected chi connectivity index (χ4v) is 3.77. The van der Waals surface area contributed by atoms with Crippen LogP contribution in [0.2, 0.25) is 0 Å². The van der Waals surface area contributed by atoms with Gasteiger partial charge < -0.3 is 10.5 Å². The van der Waals surface area contributed by atoms with Crippen molar-refractivity contribution in [3.63, 3.8) is 0 Å². The minimum atomic E-state index is -3.46. The molecule has 0 amide bonds. The first-order valence-corrected chi connectivity index (χ1v) is 7.40. The second-order valence-electron chi connectivity index (χ2n) is 4.49. The zero-order valence-corrected chi connectivity index (χ0v) is 11.1. The molecule has 0 radical (unpaired) electrons. The van der Waals surface area contributed by atoms with Crippen molar-refractivity contribution >= 4 is 16.2 Å². The number of morpholine rings is 1. The number of nitrogens with zero attached hydrogens (tertiary/aromatic N) is 4. The van der Waals surface area contributed by atoms with Crippen LogP contribution in [-0.4, -0.2) is 53.3 Å². The van der Waals surface area contributed by atoms with Crippen molar-refractivity contribution in [3.8, 4) is 0 Å². The topological polar surface area (TPSA) is 102 Å². The monoisotopic (exact) mass is 285 g/mol. The maximum atomic E-state index is 12.5. The largest absolute Gasteiger partial charge is 0.379 e. The summed E-state index contributed by atoms with van der Waals surface area (Å²) in [5.41, 5.74) is 7.01. The molecule has 2 N–H and O–H groups in total. The van der Waals surface area contributed by atoms with Crippen molar-refractivity contribution in [2.75, 3.05) is 32.0 Å². The van der Waals surface area contributed by atoms with Crippen LogP contribution >= 0.6 is 0 Å². The Labute approximate surface area is 111 Å². The van der Waals surface area contributed by atoms with Crippen LogP contribution in [0.1, 0.15) is 11.3 Å². The van der Waals surface area contributed by atoms with Gasteiger partial charge in [-0.05, 0) is 0 Å². The predicted molar refractivity (Wildman–Crippen MR) is 67.0 cm³/mol. The van der Waals surface area contributed by atoms with Crippen LogP contribution in [0.3, 0.4) is 0 Å². The second kappa shape index (κ2) is 4.67. The standard InChI is InChI=1S/C10H15N5O3S/c11-10-12-5-8-6-15(7-9(8)13-10)19(16,17)14-1-3-18-4-2-14/h5H,1-4,6-7H2,(H2,11,12,13). The van der Waals surface area contributed by atoms with Gasteiger partial charge >= 0.3 is 0 Å². The first-order chi connectivity index (χ1) is 9.07. The Balaban J connectivity index is 1.81. The van der Waals surface area contributed by atoms with Crippen LogP contribution in [0.25, 0.3) is 0 Å². The van der Waals surface area contributed by atoms with E-state index in [1.807, 2.05) is 0 Å². The van der Waals surface area contributed by atoms with Crippen molar-refractivity contribution in [2.45, 2.75) is 13.1 Å². The highest BCUT2D eigenvalue weighted by molar-refractivity contribution is 7.86. The van der Waals surface area contributed by atoms with Crippen molar-refractivity contribution < 1.29 is 13.2 Å². The molecule has 0 saturated carbocycles. The lowest BCUT2D eigenvalue weighted by atomic mass is 10.3. The minimum absolute atomic E-state index is 0.171. The van der Waals surface area contributed by atoms with Gasteiger partial charge in [0.1, 0.15) is 0 Å². The van der Waals surface area contributed by atoms with Crippen LogP contribution in [-0.2, 0) is 28.0 Å². The average Bonchev–Trinajstić information content (AvgIpc) is 2.83. The predicted octanol–water partition coefficient (Wildman–Crippen LogP) is -1.05. The number of hydrogen-bond donors (Lipinski definition) is 1. The summed E-state index contributed by atoms with van der Waals surface area (Å²) in [5, 5.41) is 0. The highest BCUT2D eigenvalue weighted by Crippen LogP contribution is 2.25. The van der Waals surface area contributed by atoms with Crippen LogP contribution in [0.4, 0.5) is 5.95 Å². The molecule has 0 bridgehead atoms. The fourth-order valence-electron chi connectivity index (χ4n) is 2.24. The number of hydrogen-bond acceptors (Lipinski definition) is 6. The highest BCUT2D eigenvalue weighted by atomic mass is 32.2. The fraction of sp³-hybridized carbons (Fsp3) is 0.600. The van der Waals surface area contributed by atoms with Crippen LogP contribution in [0.5, 0.6) is 0 Å². The van der Waals surface area contributed by atoms with E-state index < -0.39 is 10.2 Å². The zero-order valence-electron chi connectivity index (χ0n) is 10.3. The number of aromatic nitrogens is 2. The average molecular weight is 285 g/mol. The number of ether oxygens (including phenoxy) is 1. The minimum Gasteiger partial charge on any atom is -0.379 e. The first-order valence-electron chi connectivity index (χ1n) is 6.00. The van der Waals surface area contributed by atoms with Gasteiger partial charge in [-0.3, -0.25) is 0 Å². The second-order valence-corrected chi connectivity index (χ2v) is 6.42. The first kappa shape index (κ1) is 12.7. The van der Waals surface area contributed by atoms with Gasteiger partial charge in [0, 0.05) is 31.4 Å². The molecule has 3 rings (SSSR count). The number of anilines is 1. The Morgan fingerprint density at radius 1 is 1.21 bits per heavy atom. The lowest BCUT2D eigenvalue weighted by Crippen LogP contribution is -2.46. The van der Waals surface area contributed by atoms with E-state index in [4.69, 9.17) is 10.5 Å². The van der Waals surface area contributed by atoms with E-state index >= 15 is 0 Å². The molecule has 104 valence electrons. The number of rotatable bonds is 2. The van der Waals surface area contributed by atoms with Crippen LogP contribution < -0.4 is 5.73 Å². The molecule has 0 spiro atoms. The molecule has 0 aromatic carbocycles. The summed E-state index contributed by atoms with van der Waals surface area (Å²) in [6, 6.07) is 0. The highest BCUT2D eigenvalue weighted by Gasteiger charge is 2.35. The Kier molecular flexibility index (Phi) is 3.13. The van der Waals surface area contributed by atoms with Crippen molar-refractivity contribution in [1.29, 1.82) is 0 Å². The molecule has 1 aromatic rings. The molecule has 1 saturated heterocycles. The normalized spacial score (nSPS) is 21.5. The van der Waals surface area contributed by atoms with Gasteiger partial charge in [0.25, 0.3) is 10.2 Å². The molecule has 0 aliphatic carbocycles. The van der Waals surface area contributed by atoms with E-state index in [1.165, 1.54) is 8.61 Å². The Morgan fingerprint density at radius 2 is 1.95 bits per heavy atom. The summed E-state index contributed by atoms with van der Waals surface area (Å²) in [6.45, 7) is 2.21. The van der Waals surface area contributed by atoms with Gasteiger partial charge in [0.05, 0.1) is 25.5 Å².